The van der Waals surface area contributed by atoms with Crippen molar-refractivity contribution < 1.29 is 0 Å². The average Bonchev–Trinajstić information content (AvgIpc) is 3.12. The van der Waals surface area contributed by atoms with Crippen molar-refractivity contribution in [2.75, 3.05) is 31.1 Å². The Hall–Kier alpha value is -2.38. The van der Waals surface area contributed by atoms with Crippen molar-refractivity contribution in [3.8, 4) is 10.7 Å². The van der Waals surface area contributed by atoms with Gasteiger partial charge in [-0.05, 0) is 18.2 Å². The molecule has 4 rings (SSSR count). The molecule has 3 aromatic heterocycles. The van der Waals surface area contributed by atoms with Crippen LogP contribution >= 0.6 is 11.3 Å². The summed E-state index contributed by atoms with van der Waals surface area (Å²) in [6, 6.07) is 7.77. The van der Waals surface area contributed by atoms with Gasteiger partial charge < -0.3 is 4.90 Å². The molecule has 24 heavy (non-hydrogen) atoms. The molecule has 0 spiro atoms. The lowest BCUT2D eigenvalue weighted by atomic mass is 10.3. The summed E-state index contributed by atoms with van der Waals surface area (Å²) in [6.07, 6.45) is 5.40. The predicted octanol–water partition coefficient (Wildman–Crippen LogP) is 2.32. The highest BCUT2D eigenvalue weighted by Crippen LogP contribution is 2.22. The van der Waals surface area contributed by atoms with Gasteiger partial charge in [-0.3, -0.25) is 9.88 Å². The third kappa shape index (κ3) is 3.42. The van der Waals surface area contributed by atoms with Crippen molar-refractivity contribution in [3.63, 3.8) is 0 Å². The van der Waals surface area contributed by atoms with Crippen molar-refractivity contribution in [2.24, 2.45) is 0 Å². The molecule has 0 bridgehead atoms. The predicted molar refractivity (Wildman–Crippen MR) is 94.9 cm³/mol. The van der Waals surface area contributed by atoms with Gasteiger partial charge in [-0.25, -0.2) is 15.0 Å². The smallest absolute Gasteiger partial charge is 0.225 e. The van der Waals surface area contributed by atoms with Crippen molar-refractivity contribution >= 4 is 17.3 Å². The first-order valence-electron chi connectivity index (χ1n) is 7.98. The Morgan fingerprint density at radius 1 is 0.917 bits per heavy atom. The molecule has 1 aliphatic heterocycles. The molecule has 0 unspecified atom stereocenters. The Kier molecular flexibility index (Phi) is 4.44. The quantitative estimate of drug-likeness (QED) is 0.728. The first-order chi connectivity index (χ1) is 11.9. The highest BCUT2D eigenvalue weighted by molar-refractivity contribution is 7.13. The number of nitrogens with zero attached hydrogens (tertiary/aromatic N) is 6. The third-order valence-corrected chi connectivity index (χ3v) is 4.94. The number of thiazole rings is 1. The first-order valence-corrected chi connectivity index (χ1v) is 8.86. The van der Waals surface area contributed by atoms with E-state index in [1.807, 2.05) is 24.3 Å². The van der Waals surface area contributed by atoms with E-state index in [9.17, 15) is 0 Å². The van der Waals surface area contributed by atoms with Crippen LogP contribution in [0.25, 0.3) is 10.7 Å². The number of aromatic nitrogens is 4. The van der Waals surface area contributed by atoms with E-state index in [0.29, 0.717) is 0 Å². The van der Waals surface area contributed by atoms with E-state index in [4.69, 9.17) is 4.98 Å². The fourth-order valence-corrected chi connectivity index (χ4v) is 3.56. The minimum Gasteiger partial charge on any atom is -0.338 e. The Labute approximate surface area is 144 Å². The SMILES string of the molecule is c1ccc(-c2nc(CN3CCN(c4ncccn4)CC3)cs2)nc1. The first kappa shape index (κ1) is 15.2. The molecule has 4 heterocycles. The van der Waals surface area contributed by atoms with Crippen molar-refractivity contribution in [1.82, 2.24) is 24.8 Å². The van der Waals surface area contributed by atoms with Gasteiger partial charge in [0, 0.05) is 56.7 Å². The molecule has 0 atom stereocenters. The largest absolute Gasteiger partial charge is 0.338 e. The van der Waals surface area contributed by atoms with E-state index in [1.54, 1.807) is 29.9 Å². The molecular formula is C17H18N6S. The Morgan fingerprint density at radius 3 is 2.46 bits per heavy atom. The summed E-state index contributed by atoms with van der Waals surface area (Å²) in [5.41, 5.74) is 2.06. The highest BCUT2D eigenvalue weighted by atomic mass is 32.1. The third-order valence-electron chi connectivity index (χ3n) is 4.03. The molecule has 7 heteroatoms. The van der Waals surface area contributed by atoms with Crippen LogP contribution in [-0.2, 0) is 6.54 Å². The molecule has 1 fully saturated rings. The number of piperazine rings is 1. The van der Waals surface area contributed by atoms with Gasteiger partial charge in [-0.15, -0.1) is 11.3 Å². The normalized spacial score (nSPS) is 15.6. The maximum atomic E-state index is 4.73. The molecule has 122 valence electrons. The van der Waals surface area contributed by atoms with Crippen LogP contribution in [0.2, 0.25) is 0 Å². The molecule has 0 saturated carbocycles. The number of hydrogen-bond donors (Lipinski definition) is 0. The van der Waals surface area contributed by atoms with Gasteiger partial charge in [0.1, 0.15) is 5.01 Å². The van der Waals surface area contributed by atoms with E-state index < -0.39 is 0 Å². The number of anilines is 1. The zero-order valence-electron chi connectivity index (χ0n) is 13.2. The van der Waals surface area contributed by atoms with Crippen molar-refractivity contribution in [1.29, 1.82) is 0 Å². The summed E-state index contributed by atoms with van der Waals surface area (Å²) in [7, 11) is 0. The van der Waals surface area contributed by atoms with Crippen LogP contribution in [0.5, 0.6) is 0 Å². The van der Waals surface area contributed by atoms with Gasteiger partial charge in [0.25, 0.3) is 0 Å². The van der Waals surface area contributed by atoms with E-state index >= 15 is 0 Å². The molecule has 0 aromatic carbocycles. The van der Waals surface area contributed by atoms with Crippen LogP contribution in [0, 0.1) is 0 Å². The molecule has 0 aliphatic carbocycles. The van der Waals surface area contributed by atoms with Gasteiger partial charge in [0.05, 0.1) is 11.4 Å². The minimum absolute atomic E-state index is 0.822. The second-order valence-electron chi connectivity index (χ2n) is 5.67. The maximum absolute atomic E-state index is 4.73. The lowest BCUT2D eigenvalue weighted by Crippen LogP contribution is -2.46. The fourth-order valence-electron chi connectivity index (χ4n) is 2.78. The average molecular weight is 338 g/mol. The second-order valence-corrected chi connectivity index (χ2v) is 6.53. The van der Waals surface area contributed by atoms with E-state index in [0.717, 1.165) is 55.1 Å². The zero-order chi connectivity index (χ0) is 16.2. The zero-order valence-corrected chi connectivity index (χ0v) is 14.1. The summed E-state index contributed by atoms with van der Waals surface area (Å²) in [5, 5.41) is 3.12. The topological polar surface area (TPSA) is 58.0 Å². The van der Waals surface area contributed by atoms with Crippen molar-refractivity contribution in [3.05, 3.63) is 53.9 Å². The summed E-state index contributed by atoms with van der Waals surface area (Å²) >= 11 is 1.66. The molecule has 1 aliphatic rings. The van der Waals surface area contributed by atoms with Crippen LogP contribution in [0.1, 0.15) is 5.69 Å². The minimum atomic E-state index is 0.822. The summed E-state index contributed by atoms with van der Waals surface area (Å²) in [4.78, 5) is 22.4. The highest BCUT2D eigenvalue weighted by Gasteiger charge is 2.19. The maximum Gasteiger partial charge on any atom is 0.225 e. The Bertz CT molecular complexity index is 768. The molecule has 6 nitrogen and oxygen atoms in total. The van der Waals surface area contributed by atoms with Gasteiger partial charge in [0.15, 0.2) is 0 Å². The summed E-state index contributed by atoms with van der Waals surface area (Å²) < 4.78 is 0. The van der Waals surface area contributed by atoms with Gasteiger partial charge >= 0.3 is 0 Å². The number of pyridine rings is 1. The lowest BCUT2D eigenvalue weighted by Gasteiger charge is -2.34. The van der Waals surface area contributed by atoms with E-state index in [1.165, 1.54) is 0 Å². The molecule has 0 radical (unpaired) electrons. The summed E-state index contributed by atoms with van der Waals surface area (Å²) in [5.74, 6) is 0.822. The molecule has 1 saturated heterocycles. The van der Waals surface area contributed by atoms with Crippen LogP contribution in [0.15, 0.2) is 48.2 Å². The monoisotopic (exact) mass is 338 g/mol. The second kappa shape index (κ2) is 7.02. The van der Waals surface area contributed by atoms with Crippen LogP contribution in [0.3, 0.4) is 0 Å². The van der Waals surface area contributed by atoms with Crippen LogP contribution in [-0.4, -0.2) is 51.0 Å². The van der Waals surface area contributed by atoms with Crippen LogP contribution in [0.4, 0.5) is 5.95 Å². The van der Waals surface area contributed by atoms with Gasteiger partial charge in [-0.2, -0.15) is 0 Å². The van der Waals surface area contributed by atoms with E-state index in [2.05, 4.69) is 30.1 Å². The molecule has 3 aromatic rings. The van der Waals surface area contributed by atoms with Gasteiger partial charge in [-0.1, -0.05) is 6.07 Å². The van der Waals surface area contributed by atoms with Crippen molar-refractivity contribution in [2.45, 2.75) is 6.54 Å². The molecular weight excluding hydrogens is 320 g/mol. The standard InChI is InChI=1S/C17H18N6S/c1-2-5-18-15(4-1)16-21-14(13-24-16)12-22-8-10-23(11-9-22)17-19-6-3-7-20-17/h1-7,13H,8-12H2. The van der Waals surface area contributed by atoms with E-state index in [-0.39, 0.29) is 0 Å². The summed E-state index contributed by atoms with van der Waals surface area (Å²) in [6.45, 7) is 4.76. The number of hydrogen-bond acceptors (Lipinski definition) is 7. The lowest BCUT2D eigenvalue weighted by molar-refractivity contribution is 0.246. The van der Waals surface area contributed by atoms with Crippen LogP contribution < -0.4 is 4.90 Å². The molecule has 0 N–H and O–H groups in total. The Morgan fingerprint density at radius 2 is 1.71 bits per heavy atom. The molecule has 0 amide bonds. The Balaban J connectivity index is 1.35. The van der Waals surface area contributed by atoms with Gasteiger partial charge in [0.2, 0.25) is 5.95 Å². The number of rotatable bonds is 4. The fraction of sp³-hybridized carbons (Fsp3) is 0.294.